The summed E-state index contributed by atoms with van der Waals surface area (Å²) in [5.74, 6) is 0.313. The molecule has 19 heavy (non-hydrogen) atoms. The molecule has 0 unspecified atom stereocenters. The van der Waals surface area contributed by atoms with Crippen LogP contribution in [0.4, 0.5) is 0 Å². The molecule has 0 radical (unpaired) electrons. The number of nitrogens with zero attached hydrogens (tertiary/aromatic N) is 3. The molecule has 2 aliphatic heterocycles. The summed E-state index contributed by atoms with van der Waals surface area (Å²) in [6, 6.07) is 0. The minimum Gasteiger partial charge on any atom is -0.340 e. The predicted molar refractivity (Wildman–Crippen MR) is 77.2 cm³/mol. The van der Waals surface area contributed by atoms with E-state index in [0.29, 0.717) is 5.91 Å². The number of nitrogens with one attached hydrogen (secondary N) is 1. The molecule has 2 fully saturated rings. The lowest BCUT2D eigenvalue weighted by atomic mass is 9.90. The molecular formula is C14H28N4O. The minimum absolute atomic E-state index is 0.271. The van der Waals surface area contributed by atoms with Crippen molar-refractivity contribution < 1.29 is 4.79 Å². The van der Waals surface area contributed by atoms with E-state index in [1.807, 2.05) is 4.90 Å². The van der Waals surface area contributed by atoms with Gasteiger partial charge in [-0.05, 0) is 20.9 Å². The average Bonchev–Trinajstić information content (AvgIpc) is 2.41. The van der Waals surface area contributed by atoms with Gasteiger partial charge in [0.05, 0.1) is 5.41 Å². The molecule has 2 saturated heterocycles. The Labute approximate surface area is 116 Å². The van der Waals surface area contributed by atoms with Crippen LogP contribution in [-0.4, -0.2) is 86.6 Å². The molecule has 0 saturated carbocycles. The minimum atomic E-state index is -0.271. The topological polar surface area (TPSA) is 38.8 Å². The van der Waals surface area contributed by atoms with Gasteiger partial charge in [0.15, 0.2) is 0 Å². The summed E-state index contributed by atoms with van der Waals surface area (Å²) in [5, 5.41) is 3.30. The van der Waals surface area contributed by atoms with Crippen LogP contribution in [0.15, 0.2) is 0 Å². The van der Waals surface area contributed by atoms with Gasteiger partial charge in [-0.3, -0.25) is 9.69 Å². The van der Waals surface area contributed by atoms with Crippen LogP contribution in [-0.2, 0) is 4.79 Å². The maximum atomic E-state index is 12.6. The van der Waals surface area contributed by atoms with Crippen molar-refractivity contribution in [3.63, 3.8) is 0 Å². The third-order valence-corrected chi connectivity index (χ3v) is 4.20. The molecule has 0 aromatic rings. The molecule has 2 rings (SSSR count). The predicted octanol–water partition coefficient (Wildman–Crippen LogP) is -0.308. The van der Waals surface area contributed by atoms with Crippen LogP contribution in [0.5, 0.6) is 0 Å². The first-order valence-corrected chi connectivity index (χ1v) is 7.40. The highest BCUT2D eigenvalue weighted by molar-refractivity contribution is 5.82. The highest BCUT2D eigenvalue weighted by atomic mass is 16.2. The zero-order valence-electron chi connectivity index (χ0n) is 12.6. The fraction of sp³-hybridized carbons (Fsp3) is 0.929. The van der Waals surface area contributed by atoms with Gasteiger partial charge in [0.2, 0.25) is 5.91 Å². The van der Waals surface area contributed by atoms with Crippen LogP contribution in [0.3, 0.4) is 0 Å². The Hall–Kier alpha value is -0.650. The van der Waals surface area contributed by atoms with Crippen LogP contribution in [0.2, 0.25) is 0 Å². The molecule has 5 heteroatoms. The third kappa shape index (κ3) is 3.91. The first-order valence-electron chi connectivity index (χ1n) is 7.40. The van der Waals surface area contributed by atoms with E-state index in [4.69, 9.17) is 0 Å². The molecule has 1 amide bonds. The second-order valence-corrected chi connectivity index (χ2v) is 6.51. The number of hydrogen-bond acceptors (Lipinski definition) is 4. The number of carbonyl (C=O) groups excluding carboxylic acids is 1. The van der Waals surface area contributed by atoms with E-state index in [9.17, 15) is 4.79 Å². The second kappa shape index (κ2) is 6.20. The maximum Gasteiger partial charge on any atom is 0.229 e. The number of rotatable bonds is 3. The van der Waals surface area contributed by atoms with Crippen LogP contribution in [0.25, 0.3) is 0 Å². The lowest BCUT2D eigenvalue weighted by Gasteiger charge is -2.40. The molecule has 1 N–H and O–H groups in total. The highest BCUT2D eigenvalue weighted by Crippen LogP contribution is 2.21. The maximum absolute atomic E-state index is 12.6. The van der Waals surface area contributed by atoms with Crippen LogP contribution < -0.4 is 5.32 Å². The van der Waals surface area contributed by atoms with Gasteiger partial charge in [-0.25, -0.2) is 0 Å². The Kier molecular flexibility index (Phi) is 4.81. The van der Waals surface area contributed by atoms with Crippen molar-refractivity contribution in [3.8, 4) is 0 Å². The number of amides is 1. The molecule has 5 nitrogen and oxygen atoms in total. The Morgan fingerprint density at radius 2 is 1.63 bits per heavy atom. The van der Waals surface area contributed by atoms with Crippen molar-refractivity contribution in [2.75, 3.05) is 66.0 Å². The zero-order valence-corrected chi connectivity index (χ0v) is 12.6. The Balaban J connectivity index is 1.87. The number of carbonyl (C=O) groups is 1. The van der Waals surface area contributed by atoms with Gasteiger partial charge < -0.3 is 15.1 Å². The summed E-state index contributed by atoms with van der Waals surface area (Å²) in [7, 11) is 2.16. The van der Waals surface area contributed by atoms with Crippen molar-refractivity contribution in [1.82, 2.24) is 20.0 Å². The molecule has 0 aliphatic carbocycles. The van der Waals surface area contributed by atoms with Gasteiger partial charge in [0.1, 0.15) is 0 Å². The van der Waals surface area contributed by atoms with Gasteiger partial charge in [0, 0.05) is 58.9 Å². The fourth-order valence-corrected chi connectivity index (χ4v) is 2.93. The highest BCUT2D eigenvalue weighted by Gasteiger charge is 2.34. The lowest BCUT2D eigenvalue weighted by Crippen LogP contribution is -2.55. The van der Waals surface area contributed by atoms with Gasteiger partial charge in [-0.2, -0.15) is 0 Å². The summed E-state index contributed by atoms with van der Waals surface area (Å²) in [5.41, 5.74) is -0.271. The molecule has 0 aromatic heterocycles. The first-order chi connectivity index (χ1) is 8.99. The lowest BCUT2D eigenvalue weighted by molar-refractivity contribution is -0.142. The monoisotopic (exact) mass is 268 g/mol. The SMILES string of the molecule is CN1CCN(CC(C)(C)C(=O)N2CCNCC2)CC1. The first kappa shape index (κ1) is 14.8. The van der Waals surface area contributed by atoms with E-state index in [2.05, 4.69) is 36.0 Å². The average molecular weight is 268 g/mol. The van der Waals surface area contributed by atoms with Crippen molar-refractivity contribution in [2.24, 2.45) is 5.41 Å². The Morgan fingerprint density at radius 3 is 2.21 bits per heavy atom. The van der Waals surface area contributed by atoms with Crippen LogP contribution in [0, 0.1) is 5.41 Å². The van der Waals surface area contributed by atoms with Crippen LogP contribution >= 0.6 is 0 Å². The number of hydrogen-bond donors (Lipinski definition) is 1. The van der Waals surface area contributed by atoms with Gasteiger partial charge in [-0.1, -0.05) is 0 Å². The summed E-state index contributed by atoms with van der Waals surface area (Å²) >= 11 is 0. The number of piperazine rings is 2. The fourth-order valence-electron chi connectivity index (χ4n) is 2.93. The second-order valence-electron chi connectivity index (χ2n) is 6.51. The van der Waals surface area contributed by atoms with E-state index in [1.165, 1.54) is 0 Å². The van der Waals surface area contributed by atoms with Crippen molar-refractivity contribution in [1.29, 1.82) is 0 Å². The van der Waals surface area contributed by atoms with E-state index < -0.39 is 0 Å². The molecule has 2 aliphatic rings. The van der Waals surface area contributed by atoms with Gasteiger partial charge in [-0.15, -0.1) is 0 Å². The largest absolute Gasteiger partial charge is 0.340 e. The summed E-state index contributed by atoms with van der Waals surface area (Å²) in [4.78, 5) is 19.4. The van der Waals surface area contributed by atoms with E-state index >= 15 is 0 Å². The van der Waals surface area contributed by atoms with Gasteiger partial charge in [0.25, 0.3) is 0 Å². The molecule has 0 aromatic carbocycles. The molecule has 2 heterocycles. The van der Waals surface area contributed by atoms with Crippen molar-refractivity contribution >= 4 is 5.91 Å². The Morgan fingerprint density at radius 1 is 1.05 bits per heavy atom. The molecule has 110 valence electrons. The third-order valence-electron chi connectivity index (χ3n) is 4.20. The zero-order chi connectivity index (χ0) is 13.9. The standard InChI is InChI=1S/C14H28N4O/c1-14(2,12-17-10-8-16(3)9-11-17)13(19)18-6-4-15-5-7-18/h15H,4-12H2,1-3H3. The van der Waals surface area contributed by atoms with E-state index in [1.54, 1.807) is 0 Å². The number of likely N-dealkylation sites (N-methyl/N-ethyl adjacent to an activating group) is 1. The van der Waals surface area contributed by atoms with Gasteiger partial charge >= 0.3 is 0 Å². The summed E-state index contributed by atoms with van der Waals surface area (Å²) in [6.45, 7) is 13.0. The van der Waals surface area contributed by atoms with Crippen molar-refractivity contribution in [3.05, 3.63) is 0 Å². The van der Waals surface area contributed by atoms with Crippen LogP contribution in [0.1, 0.15) is 13.8 Å². The quantitative estimate of drug-likeness (QED) is 0.762. The molecule has 0 spiro atoms. The summed E-state index contributed by atoms with van der Waals surface area (Å²) < 4.78 is 0. The Bertz CT molecular complexity index is 305. The smallest absolute Gasteiger partial charge is 0.229 e. The molecular weight excluding hydrogens is 240 g/mol. The molecule has 0 bridgehead atoms. The van der Waals surface area contributed by atoms with E-state index in [-0.39, 0.29) is 5.41 Å². The van der Waals surface area contributed by atoms with E-state index in [0.717, 1.165) is 58.9 Å². The summed E-state index contributed by atoms with van der Waals surface area (Å²) in [6.07, 6.45) is 0. The normalized spacial score (nSPS) is 23.6. The van der Waals surface area contributed by atoms with Crippen molar-refractivity contribution in [2.45, 2.75) is 13.8 Å². The molecule has 0 atom stereocenters.